The molecule has 0 aromatic rings. The molecule has 1 atom stereocenters. The van der Waals surface area contributed by atoms with Crippen molar-refractivity contribution in [3.63, 3.8) is 0 Å². The summed E-state index contributed by atoms with van der Waals surface area (Å²) in [4.78, 5) is 27.3. The van der Waals surface area contributed by atoms with Crippen molar-refractivity contribution in [2.75, 3.05) is 32.8 Å². The monoisotopic (exact) mass is 252 g/mol. The smallest absolute Gasteiger partial charge is 0.251 e. The van der Waals surface area contributed by atoms with E-state index in [9.17, 15) is 9.59 Å². The Bertz CT molecular complexity index is 340. The Morgan fingerprint density at radius 2 is 1.83 bits per heavy atom. The van der Waals surface area contributed by atoms with Gasteiger partial charge in [0.1, 0.15) is 6.10 Å². The number of hydrogen-bond donors (Lipinski definition) is 0. The number of nitrogens with zero attached hydrogens (tertiary/aromatic N) is 2. The average Bonchev–Trinajstić information content (AvgIpc) is 2.92. The molecule has 0 aromatic carbocycles. The van der Waals surface area contributed by atoms with E-state index in [4.69, 9.17) is 4.74 Å². The van der Waals surface area contributed by atoms with Gasteiger partial charge in [0.15, 0.2) is 0 Å². The van der Waals surface area contributed by atoms with Gasteiger partial charge < -0.3 is 14.5 Å². The van der Waals surface area contributed by atoms with E-state index in [2.05, 4.69) is 0 Å². The van der Waals surface area contributed by atoms with Crippen LogP contribution in [0.2, 0.25) is 0 Å². The van der Waals surface area contributed by atoms with Crippen LogP contribution in [-0.4, -0.2) is 60.5 Å². The highest BCUT2D eigenvalue weighted by Crippen LogP contribution is 2.16. The third-order valence-corrected chi connectivity index (χ3v) is 3.42. The molecule has 5 heteroatoms. The molecular formula is C13H20N2O3. The maximum atomic E-state index is 12.1. The first kappa shape index (κ1) is 13.1. The van der Waals surface area contributed by atoms with Crippen molar-refractivity contribution >= 4 is 11.8 Å². The Morgan fingerprint density at radius 1 is 1.17 bits per heavy atom. The zero-order valence-corrected chi connectivity index (χ0v) is 10.8. The Balaban J connectivity index is 1.82. The number of hydrogen-bond acceptors (Lipinski definition) is 3. The van der Waals surface area contributed by atoms with Crippen LogP contribution in [-0.2, 0) is 14.3 Å². The summed E-state index contributed by atoms with van der Waals surface area (Å²) in [6.07, 6.45) is 4.86. The normalized spacial score (nSPS) is 24.8. The molecule has 0 spiro atoms. The molecule has 0 bridgehead atoms. The molecule has 0 N–H and O–H groups in total. The lowest BCUT2D eigenvalue weighted by molar-refractivity contribution is -0.144. The highest BCUT2D eigenvalue weighted by Gasteiger charge is 2.30. The van der Waals surface area contributed by atoms with Gasteiger partial charge in [-0.25, -0.2) is 0 Å². The molecule has 2 heterocycles. The van der Waals surface area contributed by atoms with Crippen LogP contribution in [0.1, 0.15) is 19.8 Å². The minimum absolute atomic E-state index is 0.0294. The van der Waals surface area contributed by atoms with Crippen LogP contribution in [0.4, 0.5) is 0 Å². The predicted molar refractivity (Wildman–Crippen MR) is 66.9 cm³/mol. The molecule has 2 rings (SSSR count). The first-order valence-electron chi connectivity index (χ1n) is 6.54. The Morgan fingerprint density at radius 3 is 2.39 bits per heavy atom. The Labute approximate surface area is 107 Å². The van der Waals surface area contributed by atoms with E-state index >= 15 is 0 Å². The van der Waals surface area contributed by atoms with Gasteiger partial charge in [0.2, 0.25) is 5.91 Å². The first-order chi connectivity index (χ1) is 8.72. The lowest BCUT2D eigenvalue weighted by Gasteiger charge is -2.35. The molecule has 18 heavy (non-hydrogen) atoms. The highest BCUT2D eigenvalue weighted by molar-refractivity contribution is 5.88. The largest absolute Gasteiger partial charge is 0.368 e. The molecule has 5 nitrogen and oxygen atoms in total. The van der Waals surface area contributed by atoms with Crippen LogP contribution < -0.4 is 0 Å². The van der Waals surface area contributed by atoms with Crippen molar-refractivity contribution < 1.29 is 14.3 Å². The molecule has 0 saturated carbocycles. The number of carbonyl (C=O) groups excluding carboxylic acids is 2. The highest BCUT2D eigenvalue weighted by atomic mass is 16.5. The summed E-state index contributed by atoms with van der Waals surface area (Å²) in [6.45, 7) is 4.97. The van der Waals surface area contributed by atoms with Gasteiger partial charge in [0, 0.05) is 32.8 Å². The molecule has 2 saturated heterocycles. The van der Waals surface area contributed by atoms with Crippen LogP contribution in [0.5, 0.6) is 0 Å². The summed E-state index contributed by atoms with van der Waals surface area (Å²) >= 11 is 0. The van der Waals surface area contributed by atoms with Gasteiger partial charge >= 0.3 is 0 Å². The van der Waals surface area contributed by atoms with Crippen molar-refractivity contribution in [1.29, 1.82) is 0 Å². The maximum absolute atomic E-state index is 12.1. The van der Waals surface area contributed by atoms with E-state index in [-0.39, 0.29) is 17.9 Å². The zero-order chi connectivity index (χ0) is 13.0. The van der Waals surface area contributed by atoms with Crippen molar-refractivity contribution in [2.45, 2.75) is 25.9 Å². The predicted octanol–water partition coefficient (Wildman–Crippen LogP) is 0.412. The lowest BCUT2D eigenvalue weighted by Crippen LogP contribution is -2.52. The molecule has 2 aliphatic heterocycles. The minimum atomic E-state index is -0.247. The van der Waals surface area contributed by atoms with Crippen LogP contribution in [0.3, 0.4) is 0 Å². The molecule has 1 unspecified atom stereocenters. The van der Waals surface area contributed by atoms with Gasteiger partial charge in [-0.1, -0.05) is 6.08 Å². The number of ether oxygens (including phenoxy) is 1. The maximum Gasteiger partial charge on any atom is 0.251 e. The molecule has 0 aromatic heterocycles. The van der Waals surface area contributed by atoms with Crippen LogP contribution in [0.25, 0.3) is 0 Å². The minimum Gasteiger partial charge on any atom is -0.368 e. The fraction of sp³-hybridized carbons (Fsp3) is 0.692. The molecule has 2 aliphatic rings. The first-order valence-corrected chi connectivity index (χ1v) is 6.54. The van der Waals surface area contributed by atoms with Gasteiger partial charge in [0.25, 0.3) is 5.91 Å². The fourth-order valence-electron chi connectivity index (χ4n) is 2.37. The standard InChI is InChI=1S/C13H20N2O3/c1-2-4-12(16)14-6-8-15(9-7-14)13(17)11-5-3-10-18-11/h2,4,11H,3,5-10H2,1H3/b4-2+. The quantitative estimate of drug-likeness (QED) is 0.669. The molecule has 100 valence electrons. The number of rotatable bonds is 2. The Kier molecular flexibility index (Phi) is 4.36. The second-order valence-electron chi connectivity index (χ2n) is 4.65. The Hall–Kier alpha value is -1.36. The summed E-state index contributed by atoms with van der Waals surface area (Å²) in [5.41, 5.74) is 0. The van der Waals surface area contributed by atoms with Crippen LogP contribution in [0, 0.1) is 0 Å². The average molecular weight is 252 g/mol. The molecular weight excluding hydrogens is 232 g/mol. The van der Waals surface area contributed by atoms with Gasteiger partial charge in [-0.3, -0.25) is 9.59 Å². The summed E-state index contributed by atoms with van der Waals surface area (Å²) in [5.74, 6) is 0.118. The fourth-order valence-corrected chi connectivity index (χ4v) is 2.37. The van der Waals surface area contributed by atoms with E-state index in [1.165, 1.54) is 0 Å². The topological polar surface area (TPSA) is 49.9 Å². The summed E-state index contributed by atoms with van der Waals surface area (Å²) < 4.78 is 5.40. The zero-order valence-electron chi connectivity index (χ0n) is 10.8. The third-order valence-electron chi connectivity index (χ3n) is 3.42. The number of amides is 2. The van der Waals surface area contributed by atoms with Gasteiger partial charge in [-0.05, 0) is 25.8 Å². The summed E-state index contributed by atoms with van der Waals surface area (Å²) in [6, 6.07) is 0. The molecule has 2 fully saturated rings. The van der Waals surface area contributed by atoms with E-state index in [0.717, 1.165) is 12.8 Å². The van der Waals surface area contributed by atoms with Crippen LogP contribution in [0.15, 0.2) is 12.2 Å². The lowest BCUT2D eigenvalue weighted by atomic mass is 10.2. The van der Waals surface area contributed by atoms with E-state index in [1.54, 1.807) is 17.1 Å². The second-order valence-corrected chi connectivity index (χ2v) is 4.65. The van der Waals surface area contributed by atoms with Crippen molar-refractivity contribution in [3.05, 3.63) is 12.2 Å². The van der Waals surface area contributed by atoms with Gasteiger partial charge in [-0.15, -0.1) is 0 Å². The van der Waals surface area contributed by atoms with Crippen molar-refractivity contribution in [1.82, 2.24) is 9.80 Å². The van der Waals surface area contributed by atoms with E-state index < -0.39 is 0 Å². The van der Waals surface area contributed by atoms with Gasteiger partial charge in [0.05, 0.1) is 0 Å². The summed E-state index contributed by atoms with van der Waals surface area (Å²) in [7, 11) is 0. The number of piperazine rings is 1. The van der Waals surface area contributed by atoms with Gasteiger partial charge in [-0.2, -0.15) is 0 Å². The molecule has 0 aliphatic carbocycles. The second kappa shape index (κ2) is 6.00. The van der Waals surface area contributed by atoms with Crippen molar-refractivity contribution in [2.24, 2.45) is 0 Å². The van der Waals surface area contributed by atoms with Crippen molar-refractivity contribution in [3.8, 4) is 0 Å². The van der Waals surface area contributed by atoms with E-state index in [1.807, 2.05) is 11.8 Å². The van der Waals surface area contributed by atoms with Crippen LogP contribution >= 0.6 is 0 Å². The number of carbonyl (C=O) groups is 2. The molecule has 0 radical (unpaired) electrons. The third kappa shape index (κ3) is 2.90. The SMILES string of the molecule is C/C=C/C(=O)N1CCN(C(=O)C2CCCO2)CC1. The van der Waals surface area contributed by atoms with E-state index in [0.29, 0.717) is 32.8 Å². The summed E-state index contributed by atoms with van der Waals surface area (Å²) in [5, 5.41) is 0. The molecule has 2 amide bonds. The number of allylic oxidation sites excluding steroid dienone is 1.